The van der Waals surface area contributed by atoms with E-state index in [1.807, 2.05) is 24.4 Å². The van der Waals surface area contributed by atoms with Crippen molar-refractivity contribution in [3.05, 3.63) is 40.4 Å². The van der Waals surface area contributed by atoms with Crippen molar-refractivity contribution in [1.29, 1.82) is 0 Å². The topological polar surface area (TPSA) is 46.0 Å². The maximum Gasteiger partial charge on any atom is 0.131 e. The molecular formula is C21H26ClN3O. The summed E-state index contributed by atoms with van der Waals surface area (Å²) in [5.41, 5.74) is 3.27. The molecule has 1 aliphatic carbocycles. The minimum absolute atomic E-state index is 0.0162. The van der Waals surface area contributed by atoms with E-state index in [-0.39, 0.29) is 6.10 Å². The minimum atomic E-state index is 0.0162. The molecule has 2 fully saturated rings. The molecule has 2 unspecified atom stereocenters. The van der Waals surface area contributed by atoms with Crippen molar-refractivity contribution in [3.63, 3.8) is 0 Å². The van der Waals surface area contributed by atoms with Crippen LogP contribution in [0, 0.1) is 11.8 Å². The second-order valence-electron chi connectivity index (χ2n) is 7.45. The average molecular weight is 372 g/mol. The molecule has 4 rings (SSSR count). The van der Waals surface area contributed by atoms with Crippen LogP contribution in [0.5, 0.6) is 0 Å². The lowest BCUT2D eigenvalue weighted by Crippen LogP contribution is -2.33. The van der Waals surface area contributed by atoms with E-state index in [1.54, 1.807) is 0 Å². The summed E-state index contributed by atoms with van der Waals surface area (Å²) in [5.74, 6) is 1.97. The molecule has 0 amide bonds. The molecule has 4 nitrogen and oxygen atoms in total. The maximum absolute atomic E-state index is 6.52. The van der Waals surface area contributed by atoms with Crippen LogP contribution in [0.2, 0.25) is 5.02 Å². The number of hydrogen-bond acceptors (Lipinski definition) is 3. The van der Waals surface area contributed by atoms with Crippen LogP contribution in [0.25, 0.3) is 0 Å². The normalized spacial score (nSPS) is 30.5. The van der Waals surface area contributed by atoms with Crippen LogP contribution in [0.4, 0.5) is 5.69 Å². The Balaban J connectivity index is 1.55. The summed E-state index contributed by atoms with van der Waals surface area (Å²) in [6, 6.07) is 5.98. The number of morpholine rings is 1. The average Bonchev–Trinajstić information content (AvgIpc) is 3.47. The fourth-order valence-electron chi connectivity index (χ4n) is 3.52. The molecule has 2 atom stereocenters. The summed E-state index contributed by atoms with van der Waals surface area (Å²) in [4.78, 5) is 9.54. The van der Waals surface area contributed by atoms with Crippen LogP contribution in [-0.4, -0.2) is 31.7 Å². The summed E-state index contributed by atoms with van der Waals surface area (Å²) in [6.07, 6.45) is 9.19. The molecule has 3 aliphatic rings. The van der Waals surface area contributed by atoms with Crippen molar-refractivity contribution >= 4 is 29.3 Å². The van der Waals surface area contributed by atoms with E-state index in [0.717, 1.165) is 48.9 Å². The van der Waals surface area contributed by atoms with E-state index in [0.29, 0.717) is 17.5 Å². The summed E-state index contributed by atoms with van der Waals surface area (Å²) in [7, 11) is 0. The van der Waals surface area contributed by atoms with Crippen LogP contribution in [-0.2, 0) is 4.74 Å². The van der Waals surface area contributed by atoms with Gasteiger partial charge in [-0.15, -0.1) is 0 Å². The molecule has 2 aliphatic heterocycles. The quantitative estimate of drug-likeness (QED) is 0.823. The fraction of sp³-hybridized carbons (Fsp3) is 0.524. The van der Waals surface area contributed by atoms with Gasteiger partial charge in [0.15, 0.2) is 0 Å². The zero-order chi connectivity index (χ0) is 17.9. The smallest absolute Gasteiger partial charge is 0.131 e. The molecule has 2 heterocycles. The van der Waals surface area contributed by atoms with Crippen LogP contribution in [0.15, 0.2) is 39.8 Å². The van der Waals surface area contributed by atoms with Gasteiger partial charge in [-0.2, -0.15) is 0 Å². The summed E-state index contributed by atoms with van der Waals surface area (Å²) in [6.45, 7) is 4.61. The predicted molar refractivity (Wildman–Crippen MR) is 108 cm³/mol. The highest BCUT2D eigenvalue weighted by Gasteiger charge is 2.25. The fourth-order valence-corrected chi connectivity index (χ4v) is 3.82. The van der Waals surface area contributed by atoms with Crippen molar-refractivity contribution in [2.24, 2.45) is 21.8 Å². The number of aliphatic imine (C=N–C) groups is 2. The molecule has 5 heteroatoms. The molecule has 138 valence electrons. The number of allylic oxidation sites excluding steroid dienone is 2. The van der Waals surface area contributed by atoms with E-state index in [4.69, 9.17) is 26.3 Å². The Morgan fingerprint density at radius 1 is 1.27 bits per heavy atom. The van der Waals surface area contributed by atoms with Gasteiger partial charge >= 0.3 is 0 Å². The third kappa shape index (κ3) is 4.25. The Labute approximate surface area is 160 Å². The first-order chi connectivity index (χ1) is 12.7. The number of hydrogen-bond donors (Lipinski definition) is 1. The van der Waals surface area contributed by atoms with Gasteiger partial charge in [0.25, 0.3) is 0 Å². The van der Waals surface area contributed by atoms with Gasteiger partial charge < -0.3 is 10.1 Å². The van der Waals surface area contributed by atoms with Crippen LogP contribution in [0.1, 0.15) is 44.3 Å². The number of benzene rings is 1. The first kappa shape index (κ1) is 17.9. The van der Waals surface area contributed by atoms with E-state index >= 15 is 0 Å². The van der Waals surface area contributed by atoms with Gasteiger partial charge in [-0.1, -0.05) is 30.7 Å². The molecule has 0 radical (unpaired) electrons. The zero-order valence-corrected chi connectivity index (χ0v) is 16.0. The van der Waals surface area contributed by atoms with Gasteiger partial charge in [0.1, 0.15) is 5.84 Å². The molecule has 1 aromatic rings. The number of amidine groups is 1. The van der Waals surface area contributed by atoms with Gasteiger partial charge in [-0.3, -0.25) is 0 Å². The Morgan fingerprint density at radius 3 is 2.88 bits per heavy atom. The first-order valence-electron chi connectivity index (χ1n) is 9.65. The van der Waals surface area contributed by atoms with Crippen molar-refractivity contribution in [1.82, 2.24) is 5.32 Å². The van der Waals surface area contributed by atoms with E-state index in [9.17, 15) is 0 Å². The Kier molecular flexibility index (Phi) is 5.53. The van der Waals surface area contributed by atoms with Gasteiger partial charge in [-0.25, -0.2) is 9.98 Å². The molecular weight excluding hydrogens is 346 g/mol. The highest BCUT2D eigenvalue weighted by Crippen LogP contribution is 2.37. The lowest BCUT2D eigenvalue weighted by atomic mass is 10.00. The number of ether oxygens (including phenoxy) is 1. The molecule has 1 saturated heterocycles. The molecule has 26 heavy (non-hydrogen) atoms. The first-order valence-corrected chi connectivity index (χ1v) is 10.0. The Hall–Kier alpha value is -1.49. The zero-order valence-electron chi connectivity index (χ0n) is 15.2. The summed E-state index contributed by atoms with van der Waals surface area (Å²) < 4.78 is 5.81. The van der Waals surface area contributed by atoms with Gasteiger partial charge in [0.05, 0.1) is 18.4 Å². The highest BCUT2D eigenvalue weighted by molar-refractivity contribution is 6.31. The minimum Gasteiger partial charge on any atom is -0.371 e. The number of nitrogens with zero attached hydrogens (tertiary/aromatic N) is 2. The second kappa shape index (κ2) is 8.03. The van der Waals surface area contributed by atoms with E-state index in [2.05, 4.69) is 18.3 Å². The molecule has 0 spiro atoms. The Morgan fingerprint density at radius 2 is 2.15 bits per heavy atom. The standard InChI is InChI=1S/C21H26ClN3O/c1-14-3-2-4-16(15-5-6-15)12-24-21(14)25-17-7-8-18(19(22)11-17)20-13-23-9-10-26-20/h4,7-8,11-12,14-15,20,23H,2-3,5-6,9-10,13H2,1H3/b16-4+,24-12?,25-21?. The number of nitrogens with one attached hydrogen (secondary N) is 1. The van der Waals surface area contributed by atoms with Gasteiger partial charge in [-0.05, 0) is 49.3 Å². The van der Waals surface area contributed by atoms with Gasteiger partial charge in [0, 0.05) is 35.8 Å². The van der Waals surface area contributed by atoms with Crippen molar-refractivity contribution in [3.8, 4) is 0 Å². The van der Waals surface area contributed by atoms with Crippen LogP contribution in [0.3, 0.4) is 0 Å². The van der Waals surface area contributed by atoms with E-state index < -0.39 is 0 Å². The summed E-state index contributed by atoms with van der Waals surface area (Å²) >= 11 is 6.52. The predicted octanol–water partition coefficient (Wildman–Crippen LogP) is 4.87. The van der Waals surface area contributed by atoms with Crippen molar-refractivity contribution in [2.45, 2.75) is 38.7 Å². The lowest BCUT2D eigenvalue weighted by Gasteiger charge is -2.24. The number of halogens is 1. The summed E-state index contributed by atoms with van der Waals surface area (Å²) in [5, 5.41) is 4.05. The monoisotopic (exact) mass is 371 g/mol. The third-order valence-corrected chi connectivity index (χ3v) is 5.64. The largest absolute Gasteiger partial charge is 0.371 e. The molecule has 0 aromatic heterocycles. The molecule has 1 N–H and O–H groups in total. The lowest BCUT2D eigenvalue weighted by molar-refractivity contribution is 0.0278. The highest BCUT2D eigenvalue weighted by atomic mass is 35.5. The SMILES string of the molecule is CC1CC/C=C(/C2CC2)C=NC1=Nc1ccc(C2CNCCO2)c(Cl)c1. The Bertz CT molecular complexity index is 746. The third-order valence-electron chi connectivity index (χ3n) is 5.32. The number of rotatable bonds is 3. The van der Waals surface area contributed by atoms with Crippen molar-refractivity contribution < 1.29 is 4.74 Å². The van der Waals surface area contributed by atoms with Crippen molar-refractivity contribution in [2.75, 3.05) is 19.7 Å². The molecule has 1 aromatic carbocycles. The maximum atomic E-state index is 6.52. The van der Waals surface area contributed by atoms with E-state index in [1.165, 1.54) is 18.4 Å². The van der Waals surface area contributed by atoms with Crippen LogP contribution < -0.4 is 5.32 Å². The van der Waals surface area contributed by atoms with Crippen LogP contribution >= 0.6 is 11.6 Å². The molecule has 1 saturated carbocycles. The second-order valence-corrected chi connectivity index (χ2v) is 7.86. The van der Waals surface area contributed by atoms with Gasteiger partial charge in [0.2, 0.25) is 0 Å². The molecule has 0 bridgehead atoms.